The summed E-state index contributed by atoms with van der Waals surface area (Å²) >= 11 is 1.60. The molecule has 1 amide bonds. The van der Waals surface area contributed by atoms with Gasteiger partial charge >= 0.3 is 0 Å². The summed E-state index contributed by atoms with van der Waals surface area (Å²) in [5.74, 6) is 0.677. The minimum Gasteiger partial charge on any atom is -0.348 e. The first kappa shape index (κ1) is 13.8. The number of aromatic amines is 1. The first-order valence-electron chi connectivity index (χ1n) is 7.57. The Balaban J connectivity index is 1.38. The summed E-state index contributed by atoms with van der Waals surface area (Å²) in [5.41, 5.74) is 0.728. The van der Waals surface area contributed by atoms with Crippen LogP contribution in [-0.2, 0) is 0 Å². The van der Waals surface area contributed by atoms with E-state index in [1.54, 1.807) is 24.3 Å². The zero-order chi connectivity index (χ0) is 14.9. The summed E-state index contributed by atoms with van der Waals surface area (Å²) in [6, 6.07) is 8.05. The van der Waals surface area contributed by atoms with Crippen LogP contribution in [0.4, 0.5) is 0 Å². The number of piperidine rings is 1. The molecule has 3 atom stereocenters. The van der Waals surface area contributed by atoms with Crippen LogP contribution in [0.1, 0.15) is 16.8 Å². The highest BCUT2D eigenvalue weighted by Crippen LogP contribution is 2.28. The molecule has 2 saturated heterocycles. The first-order chi connectivity index (χ1) is 10.8. The first-order valence-corrected chi connectivity index (χ1v) is 8.39. The van der Waals surface area contributed by atoms with Crippen molar-refractivity contribution in [1.82, 2.24) is 20.2 Å². The Bertz CT molecular complexity index is 655. The maximum Gasteiger partial charge on any atom is 0.251 e. The number of H-pyrrole nitrogens is 1. The zero-order valence-electron chi connectivity index (χ0n) is 12.2. The van der Waals surface area contributed by atoms with E-state index in [0.717, 1.165) is 28.6 Å². The quantitative estimate of drug-likeness (QED) is 0.906. The number of hydrogen-bond acceptors (Lipinski definition) is 4. The normalized spacial score (nSPS) is 26.3. The highest BCUT2D eigenvalue weighted by molar-refractivity contribution is 7.99. The molecule has 2 aliphatic heterocycles. The fourth-order valence-electron chi connectivity index (χ4n) is 3.30. The molecule has 1 aromatic heterocycles. The van der Waals surface area contributed by atoms with Gasteiger partial charge in [-0.2, -0.15) is 0 Å². The molecule has 2 N–H and O–H groups in total. The highest BCUT2D eigenvalue weighted by Gasteiger charge is 2.38. The number of carbonyl (C=O) groups is 1. The summed E-state index contributed by atoms with van der Waals surface area (Å²) in [6.07, 6.45) is 4.66. The number of aromatic nitrogens is 2. The van der Waals surface area contributed by atoms with E-state index in [1.165, 1.54) is 13.0 Å². The fraction of sp³-hybridized carbons (Fsp3) is 0.375. The van der Waals surface area contributed by atoms with Crippen molar-refractivity contribution < 1.29 is 4.79 Å². The number of benzene rings is 1. The Morgan fingerprint density at radius 1 is 1.32 bits per heavy atom. The lowest BCUT2D eigenvalue weighted by atomic mass is 9.99. The van der Waals surface area contributed by atoms with Crippen molar-refractivity contribution in [3.05, 3.63) is 42.4 Å². The second-order valence-electron chi connectivity index (χ2n) is 5.93. The van der Waals surface area contributed by atoms with Crippen molar-refractivity contribution in [2.75, 3.05) is 19.6 Å². The molecule has 0 saturated carbocycles. The van der Waals surface area contributed by atoms with Crippen LogP contribution in [0.2, 0.25) is 0 Å². The van der Waals surface area contributed by atoms with Crippen LogP contribution in [0.15, 0.2) is 46.7 Å². The van der Waals surface area contributed by atoms with Crippen LogP contribution in [0, 0.1) is 5.92 Å². The number of hydrogen-bond donors (Lipinski definition) is 2. The SMILES string of the molecule is O=C(NC1CN2CC[C@H]1C2)c1ccc(Sc2cnc[nH]2)cc1. The largest absolute Gasteiger partial charge is 0.348 e. The summed E-state index contributed by atoms with van der Waals surface area (Å²) in [5, 5.41) is 4.18. The van der Waals surface area contributed by atoms with E-state index >= 15 is 0 Å². The molecular formula is C16H18N4OS. The smallest absolute Gasteiger partial charge is 0.251 e. The van der Waals surface area contributed by atoms with E-state index in [1.807, 2.05) is 24.3 Å². The van der Waals surface area contributed by atoms with Crippen LogP contribution in [0.3, 0.4) is 0 Å². The van der Waals surface area contributed by atoms with E-state index in [9.17, 15) is 4.79 Å². The van der Waals surface area contributed by atoms with Crippen LogP contribution in [-0.4, -0.2) is 46.5 Å². The summed E-state index contributed by atoms with van der Waals surface area (Å²) in [6.45, 7) is 3.34. The Morgan fingerprint density at radius 3 is 2.82 bits per heavy atom. The molecule has 2 fully saturated rings. The molecular weight excluding hydrogens is 296 g/mol. The van der Waals surface area contributed by atoms with Crippen molar-refractivity contribution in [2.24, 2.45) is 5.92 Å². The molecule has 114 valence electrons. The predicted molar refractivity (Wildman–Crippen MR) is 85.0 cm³/mol. The van der Waals surface area contributed by atoms with Gasteiger partial charge in [0.2, 0.25) is 0 Å². The molecule has 3 heterocycles. The minimum atomic E-state index is 0.0387. The zero-order valence-corrected chi connectivity index (χ0v) is 13.0. The van der Waals surface area contributed by atoms with Crippen LogP contribution >= 0.6 is 11.8 Å². The number of amides is 1. The highest BCUT2D eigenvalue weighted by atomic mass is 32.2. The van der Waals surface area contributed by atoms with E-state index < -0.39 is 0 Å². The molecule has 2 aliphatic rings. The van der Waals surface area contributed by atoms with Gasteiger partial charge in [0.15, 0.2) is 0 Å². The standard InChI is InChI=1S/C16H18N4OS/c21-16(19-14-9-20-6-5-12(14)8-20)11-1-3-13(4-2-11)22-15-7-17-10-18-15/h1-4,7,10,12,14H,5-6,8-9H2,(H,17,18)(H,19,21)/t12-,14?/m0/s1. The van der Waals surface area contributed by atoms with Crippen LogP contribution < -0.4 is 5.32 Å². The van der Waals surface area contributed by atoms with Gasteiger partial charge in [0, 0.05) is 29.6 Å². The van der Waals surface area contributed by atoms with Gasteiger partial charge in [-0.1, -0.05) is 11.8 Å². The molecule has 0 aliphatic carbocycles. The van der Waals surface area contributed by atoms with Gasteiger partial charge in [-0.3, -0.25) is 4.79 Å². The van der Waals surface area contributed by atoms with Crippen LogP contribution in [0.25, 0.3) is 0 Å². The number of nitrogens with zero attached hydrogens (tertiary/aromatic N) is 2. The van der Waals surface area contributed by atoms with Gasteiger partial charge in [0.1, 0.15) is 0 Å². The van der Waals surface area contributed by atoms with Gasteiger partial charge in [-0.05, 0) is 43.1 Å². The molecule has 4 rings (SSSR count). The lowest BCUT2D eigenvalue weighted by Crippen LogP contribution is -2.43. The van der Waals surface area contributed by atoms with E-state index in [4.69, 9.17) is 0 Å². The maximum atomic E-state index is 12.4. The third kappa shape index (κ3) is 2.76. The molecule has 22 heavy (non-hydrogen) atoms. The molecule has 0 radical (unpaired) electrons. The van der Waals surface area contributed by atoms with Crippen molar-refractivity contribution in [1.29, 1.82) is 0 Å². The summed E-state index contributed by atoms with van der Waals surface area (Å²) < 4.78 is 0. The number of imidazole rings is 1. The van der Waals surface area contributed by atoms with Gasteiger partial charge < -0.3 is 15.2 Å². The van der Waals surface area contributed by atoms with E-state index in [2.05, 4.69) is 20.2 Å². The predicted octanol–water partition coefficient (Wildman–Crippen LogP) is 1.99. The molecule has 2 bridgehead atoms. The molecule has 2 unspecified atom stereocenters. The summed E-state index contributed by atoms with van der Waals surface area (Å²) in [7, 11) is 0. The minimum absolute atomic E-state index is 0.0387. The Morgan fingerprint density at radius 2 is 2.18 bits per heavy atom. The Hall–Kier alpha value is -1.79. The average Bonchev–Trinajstić information content (AvgIpc) is 3.25. The van der Waals surface area contributed by atoms with Crippen molar-refractivity contribution in [3.8, 4) is 0 Å². The van der Waals surface area contributed by atoms with Gasteiger partial charge in [-0.15, -0.1) is 0 Å². The molecule has 5 nitrogen and oxygen atoms in total. The number of rotatable bonds is 4. The topological polar surface area (TPSA) is 61.0 Å². The van der Waals surface area contributed by atoms with E-state index in [0.29, 0.717) is 12.0 Å². The Labute approximate surface area is 133 Å². The van der Waals surface area contributed by atoms with Crippen molar-refractivity contribution in [3.63, 3.8) is 0 Å². The van der Waals surface area contributed by atoms with Gasteiger partial charge in [-0.25, -0.2) is 4.98 Å². The monoisotopic (exact) mass is 314 g/mol. The lowest BCUT2D eigenvalue weighted by Gasteiger charge is -2.23. The van der Waals surface area contributed by atoms with Crippen LogP contribution in [0.5, 0.6) is 0 Å². The van der Waals surface area contributed by atoms with Gasteiger partial charge in [0.25, 0.3) is 5.91 Å². The molecule has 2 aromatic rings. The average molecular weight is 314 g/mol. The molecule has 1 aromatic carbocycles. The second-order valence-corrected chi connectivity index (χ2v) is 7.05. The summed E-state index contributed by atoms with van der Waals surface area (Å²) in [4.78, 5) is 22.9. The lowest BCUT2D eigenvalue weighted by molar-refractivity contribution is 0.0924. The number of nitrogens with one attached hydrogen (secondary N) is 2. The third-order valence-electron chi connectivity index (χ3n) is 4.47. The Kier molecular flexibility index (Phi) is 3.63. The maximum absolute atomic E-state index is 12.4. The molecule has 0 spiro atoms. The fourth-order valence-corrected chi connectivity index (χ4v) is 4.05. The third-order valence-corrected chi connectivity index (χ3v) is 5.42. The van der Waals surface area contributed by atoms with E-state index in [-0.39, 0.29) is 5.91 Å². The van der Waals surface area contributed by atoms with Crippen molar-refractivity contribution in [2.45, 2.75) is 22.4 Å². The second kappa shape index (κ2) is 5.78. The number of carbonyl (C=O) groups excluding carboxylic acids is 1. The molecule has 6 heteroatoms. The van der Waals surface area contributed by atoms with Crippen molar-refractivity contribution >= 4 is 17.7 Å². The van der Waals surface area contributed by atoms with Gasteiger partial charge in [0.05, 0.1) is 17.6 Å². The number of fused-ring (bicyclic) bond motifs is 2.